The first-order valence-electron chi connectivity index (χ1n) is 10.7. The molecule has 174 valence electrons. The normalized spacial score (nSPS) is 17.2. The molecule has 0 bridgehead atoms. The summed E-state index contributed by atoms with van der Waals surface area (Å²) >= 11 is 6.81. The predicted octanol–water partition coefficient (Wildman–Crippen LogP) is 4.43. The Kier molecular flexibility index (Phi) is 7.23. The molecule has 1 fully saturated rings. The fourth-order valence-corrected chi connectivity index (χ4v) is 4.91. The minimum absolute atomic E-state index is 0.0257. The molecule has 0 saturated carbocycles. The third kappa shape index (κ3) is 5.50. The molecule has 2 aromatic rings. The van der Waals surface area contributed by atoms with Crippen molar-refractivity contribution < 1.29 is 19.5 Å². The molecule has 2 heterocycles. The molecule has 0 radical (unpaired) electrons. The number of urea groups is 2. The van der Waals surface area contributed by atoms with Crippen LogP contribution >= 0.6 is 31.9 Å². The summed E-state index contributed by atoms with van der Waals surface area (Å²) in [7, 11) is 0. The van der Waals surface area contributed by atoms with Crippen LogP contribution in [-0.2, 0) is 17.8 Å². The number of halogens is 2. The Bertz CT molecular complexity index is 1070. The number of aliphatic carboxylic acids is 1. The largest absolute Gasteiger partial charge is 0.480 e. The van der Waals surface area contributed by atoms with Crippen LogP contribution < -0.4 is 10.6 Å². The van der Waals surface area contributed by atoms with Gasteiger partial charge in [0.25, 0.3) is 0 Å². The number of amides is 4. The highest BCUT2D eigenvalue weighted by Crippen LogP contribution is 2.28. The fraction of sp³-hybridized carbons (Fsp3) is 0.348. The Morgan fingerprint density at radius 3 is 2.55 bits per heavy atom. The third-order valence-corrected chi connectivity index (χ3v) is 7.95. The third-order valence-electron chi connectivity index (χ3n) is 6.07. The van der Waals surface area contributed by atoms with Crippen molar-refractivity contribution in [1.29, 1.82) is 0 Å². The van der Waals surface area contributed by atoms with Crippen LogP contribution in [0.25, 0.3) is 0 Å². The van der Waals surface area contributed by atoms with Gasteiger partial charge in [-0.25, -0.2) is 14.4 Å². The molecule has 1 atom stereocenters. The summed E-state index contributed by atoms with van der Waals surface area (Å²) in [6.45, 7) is 1.46. The number of carbonyl (C=O) groups is 3. The van der Waals surface area contributed by atoms with Gasteiger partial charge in [-0.05, 0) is 74.0 Å². The van der Waals surface area contributed by atoms with Gasteiger partial charge in [-0.3, -0.25) is 0 Å². The first-order valence-corrected chi connectivity index (χ1v) is 12.3. The van der Waals surface area contributed by atoms with E-state index in [1.54, 1.807) is 4.90 Å². The van der Waals surface area contributed by atoms with Gasteiger partial charge in [-0.1, -0.05) is 24.3 Å². The molecule has 0 aromatic heterocycles. The molecule has 0 spiro atoms. The van der Waals surface area contributed by atoms with Crippen molar-refractivity contribution in [2.75, 3.05) is 18.4 Å². The van der Waals surface area contributed by atoms with E-state index in [-0.39, 0.29) is 18.5 Å². The van der Waals surface area contributed by atoms with E-state index >= 15 is 0 Å². The van der Waals surface area contributed by atoms with E-state index in [1.807, 2.05) is 47.4 Å². The summed E-state index contributed by atoms with van der Waals surface area (Å²) in [5.74, 6) is -1.08. The molecular weight excluding hydrogens is 556 g/mol. The second-order valence-electron chi connectivity index (χ2n) is 8.23. The van der Waals surface area contributed by atoms with Gasteiger partial charge in [0.15, 0.2) is 0 Å². The van der Waals surface area contributed by atoms with Gasteiger partial charge in [0.1, 0.15) is 6.04 Å². The smallest absolute Gasteiger partial charge is 0.326 e. The molecule has 1 saturated heterocycles. The standard InChI is InChI=1S/C23H24Br2N4O4/c24-17-6-5-14(11-18(17)25)12-20(21(30)31)27-22(32)28-9-7-16(8-10-28)29-13-15-3-1-2-4-19(15)26-23(29)33/h1-6,11,16,20H,7-10,12-13H2,(H,26,33)(H,27,32)(H,30,31)/t20-/m1/s1. The van der Waals surface area contributed by atoms with E-state index in [4.69, 9.17) is 0 Å². The summed E-state index contributed by atoms with van der Waals surface area (Å²) in [5.41, 5.74) is 2.71. The van der Waals surface area contributed by atoms with E-state index < -0.39 is 18.0 Å². The van der Waals surface area contributed by atoms with Crippen LogP contribution in [0.15, 0.2) is 51.4 Å². The van der Waals surface area contributed by atoms with Crippen molar-refractivity contribution in [2.45, 2.75) is 37.9 Å². The zero-order valence-corrected chi connectivity index (χ0v) is 20.9. The SMILES string of the molecule is O=C(O)[C@@H](Cc1ccc(Br)c(Br)c1)NC(=O)N1CCC(N2Cc3ccccc3NC2=O)CC1. The number of fused-ring (bicyclic) bond motifs is 1. The summed E-state index contributed by atoms with van der Waals surface area (Å²) in [6.07, 6.45) is 1.46. The van der Waals surface area contributed by atoms with Gasteiger partial charge in [0.2, 0.25) is 0 Å². The van der Waals surface area contributed by atoms with Crippen molar-refractivity contribution >= 4 is 55.6 Å². The van der Waals surface area contributed by atoms with Gasteiger partial charge < -0.3 is 25.5 Å². The molecule has 2 aromatic carbocycles. The van der Waals surface area contributed by atoms with Crippen LogP contribution in [0.1, 0.15) is 24.0 Å². The minimum atomic E-state index is -1.08. The first kappa shape index (κ1) is 23.6. The number of rotatable bonds is 5. The van der Waals surface area contributed by atoms with Gasteiger partial charge in [-0.15, -0.1) is 0 Å². The summed E-state index contributed by atoms with van der Waals surface area (Å²) in [6, 6.07) is 11.7. The van der Waals surface area contributed by atoms with Crippen LogP contribution in [0, 0.1) is 0 Å². The Hall–Kier alpha value is -2.59. The molecule has 2 aliphatic rings. The van der Waals surface area contributed by atoms with Crippen molar-refractivity contribution in [3.63, 3.8) is 0 Å². The second-order valence-corrected chi connectivity index (χ2v) is 9.93. The Morgan fingerprint density at radius 1 is 1.12 bits per heavy atom. The van der Waals surface area contributed by atoms with Crippen molar-refractivity contribution in [3.05, 3.63) is 62.5 Å². The number of nitrogens with zero attached hydrogens (tertiary/aromatic N) is 2. The van der Waals surface area contributed by atoms with Gasteiger partial charge >= 0.3 is 18.0 Å². The number of likely N-dealkylation sites (tertiary alicyclic amines) is 1. The molecule has 4 amide bonds. The molecule has 0 unspecified atom stereocenters. The highest BCUT2D eigenvalue weighted by Gasteiger charge is 2.33. The van der Waals surface area contributed by atoms with E-state index in [9.17, 15) is 19.5 Å². The maximum Gasteiger partial charge on any atom is 0.326 e. The highest BCUT2D eigenvalue weighted by atomic mass is 79.9. The Balaban J connectivity index is 1.33. The topological polar surface area (TPSA) is 102 Å². The number of hydrogen-bond acceptors (Lipinski definition) is 3. The van der Waals surface area contributed by atoms with Crippen LogP contribution in [0.5, 0.6) is 0 Å². The number of para-hydroxylation sites is 1. The van der Waals surface area contributed by atoms with Crippen LogP contribution in [0.3, 0.4) is 0 Å². The molecule has 10 heteroatoms. The van der Waals surface area contributed by atoms with E-state index in [0.717, 1.165) is 25.8 Å². The molecular formula is C23H24Br2N4O4. The van der Waals surface area contributed by atoms with Gasteiger partial charge in [0.05, 0.1) is 0 Å². The molecule has 0 aliphatic carbocycles. The highest BCUT2D eigenvalue weighted by molar-refractivity contribution is 9.13. The van der Waals surface area contributed by atoms with E-state index in [2.05, 4.69) is 42.5 Å². The Labute approximate surface area is 208 Å². The molecule has 2 aliphatic heterocycles. The average Bonchev–Trinajstić information content (AvgIpc) is 2.80. The molecule has 4 rings (SSSR count). The lowest BCUT2D eigenvalue weighted by molar-refractivity contribution is -0.139. The number of carboxylic acids is 1. The quantitative estimate of drug-likeness (QED) is 0.488. The van der Waals surface area contributed by atoms with Crippen LogP contribution in [0.2, 0.25) is 0 Å². The number of benzene rings is 2. The van der Waals surface area contributed by atoms with Crippen LogP contribution in [0.4, 0.5) is 15.3 Å². The van der Waals surface area contributed by atoms with Crippen LogP contribution in [-0.4, -0.2) is 58.1 Å². The monoisotopic (exact) mass is 578 g/mol. The lowest BCUT2D eigenvalue weighted by Crippen LogP contribution is -2.54. The number of nitrogens with one attached hydrogen (secondary N) is 2. The maximum atomic E-state index is 12.8. The van der Waals surface area contributed by atoms with Crippen molar-refractivity contribution in [2.24, 2.45) is 0 Å². The summed E-state index contributed by atoms with van der Waals surface area (Å²) in [4.78, 5) is 40.5. The molecule has 8 nitrogen and oxygen atoms in total. The van der Waals surface area contributed by atoms with Gasteiger partial charge in [-0.2, -0.15) is 0 Å². The lowest BCUT2D eigenvalue weighted by Gasteiger charge is -2.40. The lowest BCUT2D eigenvalue weighted by atomic mass is 10.0. The number of carboxylic acid groups (broad SMARTS) is 1. The summed E-state index contributed by atoms with van der Waals surface area (Å²) < 4.78 is 1.69. The fourth-order valence-electron chi connectivity index (χ4n) is 4.24. The summed E-state index contributed by atoms with van der Waals surface area (Å²) in [5, 5.41) is 15.2. The number of anilines is 1. The van der Waals surface area contributed by atoms with Gasteiger partial charge in [0, 0.05) is 46.7 Å². The maximum absolute atomic E-state index is 12.8. The van der Waals surface area contributed by atoms with E-state index in [0.29, 0.717) is 32.5 Å². The number of hydrogen-bond donors (Lipinski definition) is 3. The molecule has 3 N–H and O–H groups in total. The van der Waals surface area contributed by atoms with E-state index in [1.165, 1.54) is 0 Å². The number of piperidine rings is 1. The second kappa shape index (κ2) is 10.1. The van der Waals surface area contributed by atoms with Crippen molar-refractivity contribution in [1.82, 2.24) is 15.1 Å². The number of carbonyl (C=O) groups excluding carboxylic acids is 2. The Morgan fingerprint density at radius 2 is 1.85 bits per heavy atom. The van der Waals surface area contributed by atoms with Crippen molar-refractivity contribution in [3.8, 4) is 0 Å². The minimum Gasteiger partial charge on any atom is -0.480 e. The predicted molar refractivity (Wildman–Crippen MR) is 131 cm³/mol. The average molecular weight is 580 g/mol. The molecule has 33 heavy (non-hydrogen) atoms. The zero-order valence-electron chi connectivity index (χ0n) is 17.8. The zero-order chi connectivity index (χ0) is 23.5. The first-order chi connectivity index (χ1) is 15.8.